The van der Waals surface area contributed by atoms with Crippen molar-refractivity contribution < 1.29 is 4.74 Å². The number of fused-ring (bicyclic) bond motifs is 1. The highest BCUT2D eigenvalue weighted by molar-refractivity contribution is 5.40. The van der Waals surface area contributed by atoms with E-state index >= 15 is 0 Å². The minimum Gasteiger partial charge on any atom is -0.493 e. The van der Waals surface area contributed by atoms with Gasteiger partial charge in [-0.05, 0) is 42.5 Å². The van der Waals surface area contributed by atoms with Gasteiger partial charge in [0.2, 0.25) is 0 Å². The van der Waals surface area contributed by atoms with Crippen molar-refractivity contribution in [3.8, 4) is 5.75 Å². The van der Waals surface area contributed by atoms with Crippen molar-refractivity contribution in [3.63, 3.8) is 0 Å². The first-order chi connectivity index (χ1) is 9.74. The van der Waals surface area contributed by atoms with Crippen LogP contribution in [0.1, 0.15) is 63.6 Å². The standard InChI is InChI=1S/C18H29NO/c1-4-6-14(3)12-17(19-10-5-2)15-7-8-18-16(13-15)9-11-20-18/h7-8,13-14,17,19H,4-6,9-12H2,1-3H3. The smallest absolute Gasteiger partial charge is 0.122 e. The second-order valence-electron chi connectivity index (χ2n) is 6.10. The number of benzene rings is 1. The zero-order chi connectivity index (χ0) is 14.4. The predicted octanol–water partition coefficient (Wildman–Crippen LogP) is 4.49. The van der Waals surface area contributed by atoms with E-state index in [1.54, 1.807) is 0 Å². The van der Waals surface area contributed by atoms with E-state index in [1.807, 2.05) is 0 Å². The maximum atomic E-state index is 5.61. The Hall–Kier alpha value is -1.02. The Morgan fingerprint density at radius 2 is 2.10 bits per heavy atom. The third-order valence-electron chi connectivity index (χ3n) is 4.18. The highest BCUT2D eigenvalue weighted by atomic mass is 16.5. The Morgan fingerprint density at radius 1 is 1.25 bits per heavy atom. The summed E-state index contributed by atoms with van der Waals surface area (Å²) in [7, 11) is 0. The number of nitrogens with one attached hydrogen (secondary N) is 1. The lowest BCUT2D eigenvalue weighted by atomic mass is 9.92. The summed E-state index contributed by atoms with van der Waals surface area (Å²) in [5.41, 5.74) is 2.82. The Morgan fingerprint density at radius 3 is 2.85 bits per heavy atom. The molecule has 0 spiro atoms. The van der Waals surface area contributed by atoms with Crippen LogP contribution in [0.3, 0.4) is 0 Å². The van der Waals surface area contributed by atoms with Gasteiger partial charge in [-0.15, -0.1) is 0 Å². The molecular formula is C18H29NO. The van der Waals surface area contributed by atoms with Gasteiger partial charge in [0.15, 0.2) is 0 Å². The van der Waals surface area contributed by atoms with Gasteiger partial charge in [-0.1, -0.05) is 45.7 Å². The molecule has 1 aromatic rings. The molecule has 1 aliphatic rings. The maximum absolute atomic E-state index is 5.61. The summed E-state index contributed by atoms with van der Waals surface area (Å²) in [6, 6.07) is 7.25. The molecule has 0 aromatic heterocycles. The molecule has 2 unspecified atom stereocenters. The van der Waals surface area contributed by atoms with Crippen molar-refractivity contribution in [3.05, 3.63) is 29.3 Å². The predicted molar refractivity (Wildman–Crippen MR) is 85.4 cm³/mol. The third-order valence-corrected chi connectivity index (χ3v) is 4.18. The number of hydrogen-bond acceptors (Lipinski definition) is 2. The average Bonchev–Trinajstić information content (AvgIpc) is 2.91. The van der Waals surface area contributed by atoms with E-state index < -0.39 is 0 Å². The SMILES string of the molecule is CCCNC(CC(C)CCC)c1ccc2c(c1)CCO2. The minimum absolute atomic E-state index is 0.488. The van der Waals surface area contributed by atoms with Crippen LogP contribution in [-0.2, 0) is 6.42 Å². The molecule has 0 amide bonds. The van der Waals surface area contributed by atoms with Crippen molar-refractivity contribution in [1.29, 1.82) is 0 Å². The van der Waals surface area contributed by atoms with Crippen molar-refractivity contribution in [1.82, 2.24) is 5.32 Å². The number of hydrogen-bond donors (Lipinski definition) is 1. The quantitative estimate of drug-likeness (QED) is 0.755. The lowest BCUT2D eigenvalue weighted by Crippen LogP contribution is -2.24. The van der Waals surface area contributed by atoms with Gasteiger partial charge in [0.05, 0.1) is 6.61 Å². The Kier molecular flexibility index (Phi) is 5.90. The molecule has 0 bridgehead atoms. The van der Waals surface area contributed by atoms with Crippen LogP contribution in [0.15, 0.2) is 18.2 Å². The van der Waals surface area contributed by atoms with Gasteiger partial charge in [-0.3, -0.25) is 0 Å². The average molecular weight is 275 g/mol. The van der Waals surface area contributed by atoms with Crippen molar-refractivity contribution in [2.45, 2.75) is 58.9 Å². The van der Waals surface area contributed by atoms with E-state index in [4.69, 9.17) is 4.74 Å². The van der Waals surface area contributed by atoms with E-state index in [2.05, 4.69) is 44.3 Å². The van der Waals surface area contributed by atoms with E-state index in [9.17, 15) is 0 Å². The van der Waals surface area contributed by atoms with Crippen LogP contribution in [0.2, 0.25) is 0 Å². The molecule has 0 fully saturated rings. The van der Waals surface area contributed by atoms with Crippen molar-refractivity contribution >= 4 is 0 Å². The molecule has 0 saturated heterocycles. The fourth-order valence-electron chi connectivity index (χ4n) is 3.09. The van der Waals surface area contributed by atoms with Crippen LogP contribution in [0.4, 0.5) is 0 Å². The normalized spacial score (nSPS) is 16.6. The molecule has 0 aliphatic carbocycles. The van der Waals surface area contributed by atoms with Gasteiger partial charge in [0.25, 0.3) is 0 Å². The van der Waals surface area contributed by atoms with Crippen molar-refractivity contribution in [2.24, 2.45) is 5.92 Å². The van der Waals surface area contributed by atoms with Crippen molar-refractivity contribution in [2.75, 3.05) is 13.2 Å². The third kappa shape index (κ3) is 3.99. The molecule has 0 saturated carbocycles. The topological polar surface area (TPSA) is 21.3 Å². The molecule has 1 aliphatic heterocycles. The second kappa shape index (κ2) is 7.68. The summed E-state index contributed by atoms with van der Waals surface area (Å²) in [4.78, 5) is 0. The molecule has 2 rings (SSSR count). The van der Waals surface area contributed by atoms with Gasteiger partial charge >= 0.3 is 0 Å². The fraction of sp³-hybridized carbons (Fsp3) is 0.667. The first-order valence-corrected chi connectivity index (χ1v) is 8.23. The molecule has 1 N–H and O–H groups in total. The van der Waals surface area contributed by atoms with Crippen LogP contribution in [0, 0.1) is 5.92 Å². The molecule has 2 atom stereocenters. The highest BCUT2D eigenvalue weighted by Crippen LogP contribution is 2.31. The zero-order valence-corrected chi connectivity index (χ0v) is 13.2. The Labute approximate surface area is 123 Å². The zero-order valence-electron chi connectivity index (χ0n) is 13.2. The second-order valence-corrected chi connectivity index (χ2v) is 6.10. The van der Waals surface area contributed by atoms with Crippen LogP contribution in [0.25, 0.3) is 0 Å². The Balaban J connectivity index is 2.08. The molecule has 2 heteroatoms. The molecule has 2 nitrogen and oxygen atoms in total. The van der Waals surface area contributed by atoms with Gasteiger partial charge in [0.1, 0.15) is 5.75 Å². The molecule has 20 heavy (non-hydrogen) atoms. The van der Waals surface area contributed by atoms with Gasteiger partial charge in [0, 0.05) is 12.5 Å². The molecule has 112 valence electrons. The van der Waals surface area contributed by atoms with Gasteiger partial charge in [-0.2, -0.15) is 0 Å². The largest absolute Gasteiger partial charge is 0.493 e. The summed E-state index contributed by atoms with van der Waals surface area (Å²) in [5.74, 6) is 1.86. The monoisotopic (exact) mass is 275 g/mol. The van der Waals surface area contributed by atoms with Crippen LogP contribution in [-0.4, -0.2) is 13.2 Å². The fourth-order valence-corrected chi connectivity index (χ4v) is 3.09. The van der Waals surface area contributed by atoms with E-state index in [0.717, 1.165) is 31.2 Å². The van der Waals surface area contributed by atoms with E-state index in [0.29, 0.717) is 6.04 Å². The summed E-state index contributed by atoms with van der Waals surface area (Å²) in [5, 5.41) is 3.73. The summed E-state index contributed by atoms with van der Waals surface area (Å²) >= 11 is 0. The lowest BCUT2D eigenvalue weighted by Gasteiger charge is -2.23. The maximum Gasteiger partial charge on any atom is 0.122 e. The van der Waals surface area contributed by atoms with Crippen LogP contribution >= 0.6 is 0 Å². The first-order valence-electron chi connectivity index (χ1n) is 8.23. The summed E-state index contributed by atoms with van der Waals surface area (Å²) in [6.07, 6.45) is 6.08. The molecule has 0 radical (unpaired) electrons. The molecule has 1 aromatic carbocycles. The Bertz CT molecular complexity index is 416. The number of ether oxygens (including phenoxy) is 1. The van der Waals surface area contributed by atoms with Gasteiger partial charge < -0.3 is 10.1 Å². The minimum atomic E-state index is 0.488. The molecule has 1 heterocycles. The lowest BCUT2D eigenvalue weighted by molar-refractivity contribution is 0.356. The first kappa shape index (κ1) is 15.4. The summed E-state index contributed by atoms with van der Waals surface area (Å²) < 4.78 is 5.61. The van der Waals surface area contributed by atoms with E-state index in [-0.39, 0.29) is 0 Å². The van der Waals surface area contributed by atoms with Gasteiger partial charge in [-0.25, -0.2) is 0 Å². The van der Waals surface area contributed by atoms with Crippen LogP contribution in [0.5, 0.6) is 5.75 Å². The van der Waals surface area contributed by atoms with E-state index in [1.165, 1.54) is 36.8 Å². The molecular weight excluding hydrogens is 246 g/mol. The summed E-state index contributed by atoms with van der Waals surface area (Å²) in [6.45, 7) is 8.82. The number of rotatable bonds is 8. The highest BCUT2D eigenvalue weighted by Gasteiger charge is 2.18. The van der Waals surface area contributed by atoms with Crippen LogP contribution < -0.4 is 10.1 Å².